The number of nitrogens with zero attached hydrogens (tertiary/aromatic N) is 2. The summed E-state index contributed by atoms with van der Waals surface area (Å²) in [6, 6.07) is 14.9. The zero-order valence-electron chi connectivity index (χ0n) is 15.8. The highest BCUT2D eigenvalue weighted by atomic mass is 16.5. The normalized spacial score (nSPS) is 22.3. The number of aromatic nitrogens is 1. The van der Waals surface area contributed by atoms with Gasteiger partial charge in [0, 0.05) is 38.4 Å². The zero-order valence-corrected chi connectivity index (χ0v) is 15.8. The molecule has 1 atom stereocenters. The molecule has 2 aliphatic heterocycles. The van der Waals surface area contributed by atoms with Gasteiger partial charge in [-0.15, -0.1) is 0 Å². The third kappa shape index (κ3) is 4.14. The van der Waals surface area contributed by atoms with Crippen molar-refractivity contribution >= 4 is 0 Å². The van der Waals surface area contributed by atoms with Crippen molar-refractivity contribution in [3.8, 4) is 0 Å². The summed E-state index contributed by atoms with van der Waals surface area (Å²) in [7, 11) is 0. The Morgan fingerprint density at radius 2 is 2.04 bits per heavy atom. The molecule has 26 heavy (non-hydrogen) atoms. The number of hydrogen-bond acceptors (Lipinski definition) is 4. The first-order chi connectivity index (χ1) is 12.6. The van der Waals surface area contributed by atoms with E-state index in [2.05, 4.69) is 41.1 Å². The van der Waals surface area contributed by atoms with Crippen molar-refractivity contribution in [2.45, 2.75) is 51.5 Å². The van der Waals surface area contributed by atoms with Gasteiger partial charge in [-0.3, -0.25) is 9.88 Å². The molecule has 2 fully saturated rings. The van der Waals surface area contributed by atoms with E-state index in [0.29, 0.717) is 6.61 Å². The maximum absolute atomic E-state index is 6.16. The van der Waals surface area contributed by atoms with Gasteiger partial charge in [-0.05, 0) is 38.0 Å². The van der Waals surface area contributed by atoms with Crippen molar-refractivity contribution in [1.29, 1.82) is 0 Å². The molecule has 4 nitrogen and oxygen atoms in total. The van der Waals surface area contributed by atoms with Crippen molar-refractivity contribution in [2.75, 3.05) is 19.7 Å². The van der Waals surface area contributed by atoms with E-state index >= 15 is 0 Å². The van der Waals surface area contributed by atoms with Crippen LogP contribution in [0, 0.1) is 13.8 Å². The molecule has 0 aliphatic carbocycles. The van der Waals surface area contributed by atoms with Gasteiger partial charge in [-0.25, -0.2) is 0 Å². The van der Waals surface area contributed by atoms with Crippen LogP contribution < -0.4 is 0 Å². The summed E-state index contributed by atoms with van der Waals surface area (Å²) >= 11 is 0. The van der Waals surface area contributed by atoms with Gasteiger partial charge in [0.25, 0.3) is 0 Å². The molecule has 0 unspecified atom stereocenters. The Bertz CT molecular complexity index is 755. The summed E-state index contributed by atoms with van der Waals surface area (Å²) in [6.45, 7) is 8.57. The number of rotatable bonds is 5. The fraction of sp³-hybridized carbons (Fsp3) is 0.500. The van der Waals surface area contributed by atoms with Crippen LogP contribution in [0.5, 0.6) is 0 Å². The van der Waals surface area contributed by atoms with Crippen LogP contribution in [0.2, 0.25) is 0 Å². The average molecular weight is 352 g/mol. The molecule has 138 valence electrons. The predicted molar refractivity (Wildman–Crippen MR) is 102 cm³/mol. The van der Waals surface area contributed by atoms with Crippen molar-refractivity contribution in [3.05, 3.63) is 65.0 Å². The lowest BCUT2D eigenvalue weighted by Gasteiger charge is -2.53. The van der Waals surface area contributed by atoms with E-state index in [1.807, 2.05) is 25.1 Å². The molecule has 2 aromatic rings. The summed E-state index contributed by atoms with van der Waals surface area (Å²) in [5.74, 6) is 0. The molecule has 0 bridgehead atoms. The molecule has 0 amide bonds. The molecular formula is C22H28N2O2. The van der Waals surface area contributed by atoms with Crippen LogP contribution >= 0.6 is 0 Å². The Morgan fingerprint density at radius 1 is 1.19 bits per heavy atom. The SMILES string of the molecule is Cc1cccc(CN2CC3(C[C@H](OCc4cccc(C)n4)CCO3)C2)c1. The molecule has 0 N–H and O–H groups in total. The van der Waals surface area contributed by atoms with E-state index in [4.69, 9.17) is 9.47 Å². The maximum atomic E-state index is 6.16. The molecule has 1 spiro atoms. The number of likely N-dealkylation sites (tertiary alicyclic amines) is 1. The van der Waals surface area contributed by atoms with Gasteiger partial charge in [0.15, 0.2) is 0 Å². The minimum Gasteiger partial charge on any atom is -0.372 e. The van der Waals surface area contributed by atoms with Crippen molar-refractivity contribution in [3.63, 3.8) is 0 Å². The van der Waals surface area contributed by atoms with Crippen LogP contribution in [0.15, 0.2) is 42.5 Å². The Labute approximate surface area is 156 Å². The summed E-state index contributed by atoms with van der Waals surface area (Å²) in [5, 5.41) is 0. The standard InChI is InChI=1S/C22H28N2O2/c1-17-5-3-7-19(11-17)13-24-15-22(16-24)12-21(9-10-26-22)25-14-20-8-4-6-18(2)23-20/h3-8,11,21H,9-10,12-16H2,1-2H3/t21-/m1/s1. The summed E-state index contributed by atoms with van der Waals surface area (Å²) in [4.78, 5) is 7.00. The van der Waals surface area contributed by atoms with E-state index < -0.39 is 0 Å². The Hall–Kier alpha value is -1.75. The predicted octanol–water partition coefficient (Wildman–Crippen LogP) is 3.65. The van der Waals surface area contributed by atoms with E-state index in [-0.39, 0.29) is 11.7 Å². The van der Waals surface area contributed by atoms with Gasteiger partial charge in [0.2, 0.25) is 0 Å². The van der Waals surface area contributed by atoms with Crippen LogP contribution in [0.25, 0.3) is 0 Å². The molecule has 0 radical (unpaired) electrons. The van der Waals surface area contributed by atoms with E-state index in [1.165, 1.54) is 11.1 Å². The maximum Gasteiger partial charge on any atom is 0.0959 e. The minimum absolute atomic E-state index is 0.00717. The fourth-order valence-corrected chi connectivity index (χ4v) is 4.18. The Balaban J connectivity index is 1.28. The summed E-state index contributed by atoms with van der Waals surface area (Å²) in [5.41, 5.74) is 4.76. The molecule has 0 saturated carbocycles. The largest absolute Gasteiger partial charge is 0.372 e. The lowest BCUT2D eigenvalue weighted by molar-refractivity contribution is -0.200. The van der Waals surface area contributed by atoms with Gasteiger partial charge in [0.05, 0.1) is 24.0 Å². The van der Waals surface area contributed by atoms with Crippen molar-refractivity contribution < 1.29 is 9.47 Å². The average Bonchev–Trinajstić information content (AvgIpc) is 2.59. The molecule has 3 heterocycles. The number of aryl methyl sites for hydroxylation is 2. The van der Waals surface area contributed by atoms with E-state index in [0.717, 1.165) is 50.5 Å². The summed E-state index contributed by atoms with van der Waals surface area (Å²) < 4.78 is 12.3. The van der Waals surface area contributed by atoms with E-state index in [9.17, 15) is 0 Å². The lowest BCUT2D eigenvalue weighted by Crippen LogP contribution is -2.65. The number of ether oxygens (including phenoxy) is 2. The molecule has 4 heteroatoms. The molecule has 4 rings (SSSR count). The highest BCUT2D eigenvalue weighted by molar-refractivity contribution is 5.22. The van der Waals surface area contributed by atoms with Crippen LogP contribution in [0.4, 0.5) is 0 Å². The monoisotopic (exact) mass is 352 g/mol. The topological polar surface area (TPSA) is 34.6 Å². The Morgan fingerprint density at radius 3 is 2.85 bits per heavy atom. The second-order valence-electron chi connectivity index (χ2n) is 7.86. The number of benzene rings is 1. The van der Waals surface area contributed by atoms with Crippen LogP contribution in [-0.4, -0.2) is 41.3 Å². The third-order valence-corrected chi connectivity index (χ3v) is 5.37. The van der Waals surface area contributed by atoms with Gasteiger partial charge in [-0.1, -0.05) is 35.9 Å². The second-order valence-corrected chi connectivity index (χ2v) is 7.86. The smallest absolute Gasteiger partial charge is 0.0959 e. The van der Waals surface area contributed by atoms with Crippen molar-refractivity contribution in [2.24, 2.45) is 0 Å². The van der Waals surface area contributed by atoms with Gasteiger partial charge in [-0.2, -0.15) is 0 Å². The molecule has 2 saturated heterocycles. The van der Waals surface area contributed by atoms with Crippen LogP contribution in [0.1, 0.15) is 35.4 Å². The first-order valence-corrected chi connectivity index (χ1v) is 9.56. The fourth-order valence-electron chi connectivity index (χ4n) is 4.18. The summed E-state index contributed by atoms with van der Waals surface area (Å²) in [6.07, 6.45) is 2.24. The van der Waals surface area contributed by atoms with Crippen LogP contribution in [0.3, 0.4) is 0 Å². The first kappa shape index (κ1) is 17.7. The van der Waals surface area contributed by atoms with Gasteiger partial charge in [0.1, 0.15) is 0 Å². The zero-order chi connectivity index (χ0) is 18.0. The number of pyridine rings is 1. The Kier molecular flexibility index (Phi) is 5.07. The van der Waals surface area contributed by atoms with Gasteiger partial charge < -0.3 is 9.47 Å². The number of hydrogen-bond donors (Lipinski definition) is 0. The van der Waals surface area contributed by atoms with E-state index in [1.54, 1.807) is 0 Å². The quantitative estimate of drug-likeness (QED) is 0.823. The van der Waals surface area contributed by atoms with Crippen LogP contribution in [-0.2, 0) is 22.6 Å². The molecule has 1 aromatic heterocycles. The first-order valence-electron chi connectivity index (χ1n) is 9.56. The van der Waals surface area contributed by atoms with Crippen molar-refractivity contribution in [1.82, 2.24) is 9.88 Å². The highest BCUT2D eigenvalue weighted by Crippen LogP contribution is 2.36. The second kappa shape index (κ2) is 7.47. The molecule has 2 aliphatic rings. The molecule has 1 aromatic carbocycles. The minimum atomic E-state index is -0.00717. The van der Waals surface area contributed by atoms with Gasteiger partial charge >= 0.3 is 0 Å². The lowest BCUT2D eigenvalue weighted by atomic mass is 9.84. The third-order valence-electron chi connectivity index (χ3n) is 5.37. The molecular weight excluding hydrogens is 324 g/mol. The highest BCUT2D eigenvalue weighted by Gasteiger charge is 2.47.